The Kier molecular flexibility index (Phi) is 3.93. The second-order valence-corrected chi connectivity index (χ2v) is 6.03. The quantitative estimate of drug-likeness (QED) is 0.867. The molecule has 0 radical (unpaired) electrons. The maximum Gasteiger partial charge on any atom is 0.267 e. The molecule has 108 valence electrons. The van der Waals surface area contributed by atoms with E-state index in [0.29, 0.717) is 17.9 Å². The number of nitrogens with zero attached hydrogens (tertiary/aromatic N) is 3. The zero-order valence-electron chi connectivity index (χ0n) is 11.4. The van der Waals surface area contributed by atoms with E-state index in [1.807, 2.05) is 6.92 Å². The highest BCUT2D eigenvalue weighted by atomic mass is 32.2. The molecule has 0 aliphatic rings. The first-order valence-electron chi connectivity index (χ1n) is 6.21. The summed E-state index contributed by atoms with van der Waals surface area (Å²) in [5, 5.41) is 3.99. The lowest BCUT2D eigenvalue weighted by Gasteiger charge is -2.08. The molecule has 0 spiro atoms. The Balaban J connectivity index is 2.33. The lowest BCUT2D eigenvalue weighted by atomic mass is 10.3. The molecule has 0 fully saturated rings. The molecular formula is C12H17N5O2S. The van der Waals surface area contributed by atoms with Gasteiger partial charge in [0.2, 0.25) is 0 Å². The fourth-order valence-electron chi connectivity index (χ4n) is 1.76. The average molecular weight is 295 g/mol. The molecule has 2 heterocycles. The summed E-state index contributed by atoms with van der Waals surface area (Å²) in [4.78, 5) is 4.02. The molecule has 8 heteroatoms. The van der Waals surface area contributed by atoms with Crippen LogP contribution in [0.5, 0.6) is 0 Å². The fourth-order valence-corrected chi connectivity index (χ4v) is 2.95. The van der Waals surface area contributed by atoms with Crippen molar-refractivity contribution in [3.63, 3.8) is 0 Å². The molecule has 7 nitrogen and oxygen atoms in total. The Morgan fingerprint density at radius 3 is 2.85 bits per heavy atom. The summed E-state index contributed by atoms with van der Waals surface area (Å²) in [6.45, 7) is 4.32. The highest BCUT2D eigenvalue weighted by molar-refractivity contribution is 7.92. The third-order valence-corrected chi connectivity index (χ3v) is 4.13. The Labute approximate surface area is 117 Å². The van der Waals surface area contributed by atoms with Gasteiger partial charge in [-0.15, -0.1) is 0 Å². The van der Waals surface area contributed by atoms with E-state index in [4.69, 9.17) is 5.73 Å². The lowest BCUT2D eigenvalue weighted by molar-refractivity contribution is 0.595. The smallest absolute Gasteiger partial charge is 0.267 e. The van der Waals surface area contributed by atoms with Crippen LogP contribution in [0.2, 0.25) is 0 Å². The normalized spacial score (nSPS) is 11.5. The van der Waals surface area contributed by atoms with Crippen LogP contribution in [0, 0.1) is 6.92 Å². The van der Waals surface area contributed by atoms with Crippen LogP contribution in [-0.2, 0) is 16.6 Å². The van der Waals surface area contributed by atoms with Crippen molar-refractivity contribution in [1.29, 1.82) is 0 Å². The van der Waals surface area contributed by atoms with Gasteiger partial charge in [0.05, 0.1) is 11.4 Å². The molecule has 0 unspecified atom stereocenters. The van der Waals surface area contributed by atoms with Crippen LogP contribution < -0.4 is 10.5 Å². The van der Waals surface area contributed by atoms with Crippen molar-refractivity contribution >= 4 is 21.5 Å². The topological polar surface area (TPSA) is 103 Å². The van der Waals surface area contributed by atoms with Crippen molar-refractivity contribution in [1.82, 2.24) is 14.8 Å². The third-order valence-electron chi connectivity index (χ3n) is 2.75. The summed E-state index contributed by atoms with van der Waals surface area (Å²) in [5.74, 6) is -0.00695. The first-order chi connectivity index (χ1) is 9.44. The van der Waals surface area contributed by atoms with Gasteiger partial charge in [0.1, 0.15) is 4.90 Å². The lowest BCUT2D eigenvalue weighted by Crippen LogP contribution is -2.15. The van der Waals surface area contributed by atoms with E-state index in [-0.39, 0.29) is 10.7 Å². The predicted octanol–water partition coefficient (Wildman–Crippen LogP) is 1.38. The molecule has 0 saturated heterocycles. The number of sulfonamides is 1. The second kappa shape index (κ2) is 5.49. The van der Waals surface area contributed by atoms with Gasteiger partial charge in [-0.3, -0.25) is 14.4 Å². The summed E-state index contributed by atoms with van der Waals surface area (Å²) in [6, 6.07) is 3.31. The van der Waals surface area contributed by atoms with Crippen LogP contribution in [0.15, 0.2) is 29.4 Å². The van der Waals surface area contributed by atoms with E-state index in [2.05, 4.69) is 14.8 Å². The van der Waals surface area contributed by atoms with Crippen LogP contribution in [0.3, 0.4) is 0 Å². The molecule has 0 aliphatic heterocycles. The Morgan fingerprint density at radius 2 is 2.20 bits per heavy atom. The SMILES string of the molecule is CCCn1cc(S(=O)(=O)Nc2cccnc2C)c(N)n1. The van der Waals surface area contributed by atoms with Crippen molar-refractivity contribution in [2.75, 3.05) is 10.5 Å². The molecule has 20 heavy (non-hydrogen) atoms. The number of aryl methyl sites for hydroxylation is 2. The van der Waals surface area contributed by atoms with Gasteiger partial charge in [-0.25, -0.2) is 8.42 Å². The molecular weight excluding hydrogens is 278 g/mol. The average Bonchev–Trinajstić information content (AvgIpc) is 2.74. The van der Waals surface area contributed by atoms with Gasteiger partial charge in [0, 0.05) is 18.9 Å². The molecule has 0 saturated carbocycles. The molecule has 2 aromatic rings. The van der Waals surface area contributed by atoms with E-state index >= 15 is 0 Å². The minimum atomic E-state index is -3.76. The van der Waals surface area contributed by atoms with E-state index in [9.17, 15) is 8.42 Å². The van der Waals surface area contributed by atoms with E-state index in [1.165, 1.54) is 10.9 Å². The highest BCUT2D eigenvalue weighted by Gasteiger charge is 2.21. The number of hydrogen-bond acceptors (Lipinski definition) is 5. The monoisotopic (exact) mass is 295 g/mol. The number of pyridine rings is 1. The van der Waals surface area contributed by atoms with Crippen LogP contribution in [-0.4, -0.2) is 23.2 Å². The predicted molar refractivity (Wildman–Crippen MR) is 76.7 cm³/mol. The first kappa shape index (κ1) is 14.3. The van der Waals surface area contributed by atoms with Crippen molar-refractivity contribution in [2.24, 2.45) is 0 Å². The molecule has 0 aliphatic carbocycles. The maximum absolute atomic E-state index is 12.3. The largest absolute Gasteiger partial charge is 0.381 e. The fraction of sp³-hybridized carbons (Fsp3) is 0.333. The van der Waals surface area contributed by atoms with E-state index in [0.717, 1.165) is 6.42 Å². The molecule has 2 aromatic heterocycles. The Bertz CT molecular complexity index is 708. The van der Waals surface area contributed by atoms with Gasteiger partial charge < -0.3 is 5.73 Å². The summed E-state index contributed by atoms with van der Waals surface area (Å²) in [6.07, 6.45) is 3.88. The van der Waals surface area contributed by atoms with Crippen molar-refractivity contribution in [2.45, 2.75) is 31.7 Å². The standard InChI is InChI=1S/C12H17N5O2S/c1-3-7-17-8-11(12(13)15-17)20(18,19)16-10-5-4-6-14-9(10)2/h4-6,8,16H,3,7H2,1-2H3,(H2,13,15). The number of hydrogen-bond donors (Lipinski definition) is 2. The first-order valence-corrected chi connectivity index (χ1v) is 7.69. The van der Waals surface area contributed by atoms with E-state index < -0.39 is 10.0 Å². The Morgan fingerprint density at radius 1 is 1.45 bits per heavy atom. The molecule has 2 rings (SSSR count). The minimum absolute atomic E-state index is 0.00695. The summed E-state index contributed by atoms with van der Waals surface area (Å²) < 4.78 is 28.6. The zero-order chi connectivity index (χ0) is 14.8. The summed E-state index contributed by atoms with van der Waals surface area (Å²) >= 11 is 0. The maximum atomic E-state index is 12.3. The number of anilines is 2. The third kappa shape index (κ3) is 2.90. The number of rotatable bonds is 5. The number of aromatic nitrogens is 3. The molecule has 0 bridgehead atoms. The number of nitrogen functional groups attached to an aromatic ring is 1. The second-order valence-electron chi connectivity index (χ2n) is 4.38. The molecule has 0 aromatic carbocycles. The van der Waals surface area contributed by atoms with Gasteiger partial charge in [-0.05, 0) is 25.5 Å². The highest BCUT2D eigenvalue weighted by Crippen LogP contribution is 2.21. The number of nitrogens with two attached hydrogens (primary N) is 1. The summed E-state index contributed by atoms with van der Waals surface area (Å²) in [7, 11) is -3.76. The van der Waals surface area contributed by atoms with Crippen LogP contribution in [0.1, 0.15) is 19.0 Å². The van der Waals surface area contributed by atoms with Crippen molar-refractivity contribution in [3.8, 4) is 0 Å². The number of nitrogens with one attached hydrogen (secondary N) is 1. The molecule has 0 amide bonds. The Hall–Kier alpha value is -2.09. The van der Waals surface area contributed by atoms with Crippen LogP contribution >= 0.6 is 0 Å². The van der Waals surface area contributed by atoms with E-state index in [1.54, 1.807) is 25.3 Å². The van der Waals surface area contributed by atoms with Gasteiger partial charge in [0.15, 0.2) is 5.82 Å². The summed E-state index contributed by atoms with van der Waals surface area (Å²) in [5.41, 5.74) is 6.70. The van der Waals surface area contributed by atoms with Crippen LogP contribution in [0.4, 0.5) is 11.5 Å². The van der Waals surface area contributed by atoms with Gasteiger partial charge >= 0.3 is 0 Å². The molecule has 3 N–H and O–H groups in total. The van der Waals surface area contributed by atoms with Gasteiger partial charge in [-0.2, -0.15) is 5.10 Å². The van der Waals surface area contributed by atoms with Gasteiger partial charge in [0.25, 0.3) is 10.0 Å². The minimum Gasteiger partial charge on any atom is -0.381 e. The van der Waals surface area contributed by atoms with Crippen molar-refractivity contribution < 1.29 is 8.42 Å². The van der Waals surface area contributed by atoms with Gasteiger partial charge in [-0.1, -0.05) is 6.92 Å². The van der Waals surface area contributed by atoms with Crippen molar-refractivity contribution in [3.05, 3.63) is 30.2 Å². The van der Waals surface area contributed by atoms with Crippen LogP contribution in [0.25, 0.3) is 0 Å². The zero-order valence-corrected chi connectivity index (χ0v) is 12.2. The molecule has 0 atom stereocenters.